The minimum atomic E-state index is -4.24. The Morgan fingerprint density at radius 2 is 1.90 bits per heavy atom. The van der Waals surface area contributed by atoms with Gasteiger partial charge in [0.15, 0.2) is 0 Å². The molecule has 2 aromatic carbocycles. The van der Waals surface area contributed by atoms with Crippen LogP contribution in [0.2, 0.25) is 5.02 Å². The van der Waals surface area contributed by atoms with Gasteiger partial charge in [0.2, 0.25) is 0 Å². The molecule has 9 nitrogen and oxygen atoms in total. The SMILES string of the molecule is CC1(C)OC/C=C/[C@H](OCCN2CC(F)(F)C2)[C@@H]2CC[C@H]2CN2CCCCc3cc(Cl)ccc3COc3ccc(cc32)S(=O)(=O)NC1=O. The molecule has 4 aliphatic rings. The number of carbonyl (C=O) groups is 1. The molecular formula is C35H44ClF2N3O6S. The number of nitrogens with zero attached hydrogens (tertiary/aromatic N) is 2. The summed E-state index contributed by atoms with van der Waals surface area (Å²) in [7, 11) is -4.24. The van der Waals surface area contributed by atoms with Gasteiger partial charge in [-0.25, -0.2) is 21.9 Å². The summed E-state index contributed by atoms with van der Waals surface area (Å²) in [6, 6.07) is 10.5. The van der Waals surface area contributed by atoms with Gasteiger partial charge in [-0.05, 0) is 99.2 Å². The zero-order valence-electron chi connectivity index (χ0n) is 27.4. The third kappa shape index (κ3) is 8.16. The summed E-state index contributed by atoms with van der Waals surface area (Å²) in [4.78, 5) is 17.0. The molecule has 1 saturated heterocycles. The Morgan fingerprint density at radius 3 is 2.65 bits per heavy atom. The molecule has 262 valence electrons. The predicted octanol–water partition coefficient (Wildman–Crippen LogP) is 5.59. The average Bonchev–Trinajstić information content (AvgIpc) is 3.02. The molecule has 1 N–H and O–H groups in total. The minimum Gasteiger partial charge on any atom is -0.487 e. The van der Waals surface area contributed by atoms with E-state index in [1.807, 2.05) is 24.3 Å². The second-order valence-corrected chi connectivity index (χ2v) is 15.9. The van der Waals surface area contributed by atoms with Crippen LogP contribution in [0.1, 0.15) is 50.7 Å². The molecule has 1 amide bonds. The number of hydrogen-bond donors (Lipinski definition) is 1. The fourth-order valence-corrected chi connectivity index (χ4v) is 8.16. The molecule has 2 aromatic rings. The van der Waals surface area contributed by atoms with Crippen LogP contribution >= 0.6 is 11.6 Å². The van der Waals surface area contributed by atoms with Crippen molar-refractivity contribution in [2.75, 3.05) is 50.8 Å². The van der Waals surface area contributed by atoms with Gasteiger partial charge in [-0.3, -0.25) is 9.69 Å². The smallest absolute Gasteiger partial charge is 0.272 e. The molecule has 0 aromatic heterocycles. The predicted molar refractivity (Wildman–Crippen MR) is 179 cm³/mol. The van der Waals surface area contributed by atoms with E-state index in [1.165, 1.54) is 19.9 Å². The summed E-state index contributed by atoms with van der Waals surface area (Å²) >= 11 is 6.33. The number of aryl methyl sites for hydroxylation is 1. The number of sulfonamides is 1. The number of ether oxygens (including phenoxy) is 3. The molecule has 0 spiro atoms. The molecule has 2 bridgehead atoms. The van der Waals surface area contributed by atoms with E-state index >= 15 is 0 Å². The van der Waals surface area contributed by atoms with Gasteiger partial charge in [-0.1, -0.05) is 29.8 Å². The number of alkyl halides is 2. The second-order valence-electron chi connectivity index (χ2n) is 13.8. The maximum Gasteiger partial charge on any atom is 0.272 e. The maximum atomic E-state index is 13.6. The van der Waals surface area contributed by atoms with Crippen molar-refractivity contribution < 1.29 is 36.2 Å². The molecule has 3 aliphatic heterocycles. The number of amides is 1. The summed E-state index contributed by atoms with van der Waals surface area (Å²) < 4.78 is 74.7. The van der Waals surface area contributed by atoms with E-state index in [2.05, 4.69) is 9.62 Å². The third-order valence-corrected chi connectivity index (χ3v) is 11.4. The summed E-state index contributed by atoms with van der Waals surface area (Å²) in [5.74, 6) is -2.49. The number of carbonyl (C=O) groups excluding carboxylic acids is 1. The molecule has 0 unspecified atom stereocenters. The first-order valence-electron chi connectivity index (χ1n) is 16.7. The summed E-state index contributed by atoms with van der Waals surface area (Å²) in [6.45, 7) is 4.93. The zero-order chi connectivity index (χ0) is 34.1. The Morgan fingerprint density at radius 1 is 1.08 bits per heavy atom. The van der Waals surface area contributed by atoms with Crippen LogP contribution < -0.4 is 14.4 Å². The Bertz CT molecular complexity index is 1630. The van der Waals surface area contributed by atoms with E-state index in [1.54, 1.807) is 23.1 Å². The first-order chi connectivity index (χ1) is 22.8. The minimum absolute atomic E-state index is 0.0454. The highest BCUT2D eigenvalue weighted by atomic mass is 35.5. The number of nitrogens with one attached hydrogen (secondary N) is 1. The normalized spacial score (nSPS) is 27.8. The highest BCUT2D eigenvalue weighted by Gasteiger charge is 2.44. The van der Waals surface area contributed by atoms with E-state index in [-0.39, 0.29) is 49.1 Å². The molecule has 2 fully saturated rings. The van der Waals surface area contributed by atoms with Gasteiger partial charge < -0.3 is 19.1 Å². The molecule has 6 rings (SSSR count). The van der Waals surface area contributed by atoms with E-state index in [4.69, 9.17) is 25.8 Å². The summed E-state index contributed by atoms with van der Waals surface area (Å²) in [5.41, 5.74) is 1.34. The van der Waals surface area contributed by atoms with Crippen LogP contribution in [0.15, 0.2) is 53.4 Å². The van der Waals surface area contributed by atoms with Crippen LogP contribution in [-0.4, -0.2) is 82.8 Å². The van der Waals surface area contributed by atoms with Crippen LogP contribution in [0.4, 0.5) is 14.5 Å². The van der Waals surface area contributed by atoms with Crippen molar-refractivity contribution in [1.82, 2.24) is 9.62 Å². The molecule has 13 heteroatoms. The summed E-state index contributed by atoms with van der Waals surface area (Å²) in [6.07, 6.45) is 7.93. The van der Waals surface area contributed by atoms with Gasteiger partial charge in [0, 0.05) is 24.7 Å². The third-order valence-electron chi connectivity index (χ3n) is 9.88. The maximum absolute atomic E-state index is 13.6. The number of halogens is 3. The quantitative estimate of drug-likeness (QED) is 0.411. The van der Waals surface area contributed by atoms with Crippen LogP contribution in [0.25, 0.3) is 0 Å². The fraction of sp³-hybridized carbons (Fsp3) is 0.571. The van der Waals surface area contributed by atoms with Gasteiger partial charge in [0.05, 0.1) is 43.0 Å². The van der Waals surface area contributed by atoms with Crippen LogP contribution in [0.5, 0.6) is 5.75 Å². The average molecular weight is 708 g/mol. The van der Waals surface area contributed by atoms with Gasteiger partial charge >= 0.3 is 0 Å². The molecule has 0 radical (unpaired) electrons. The van der Waals surface area contributed by atoms with Crippen molar-refractivity contribution in [3.63, 3.8) is 0 Å². The lowest BCUT2D eigenvalue weighted by Gasteiger charge is -2.44. The van der Waals surface area contributed by atoms with Crippen molar-refractivity contribution in [2.24, 2.45) is 11.8 Å². The van der Waals surface area contributed by atoms with Crippen LogP contribution in [0.3, 0.4) is 0 Å². The lowest BCUT2D eigenvalue weighted by atomic mass is 9.70. The van der Waals surface area contributed by atoms with Gasteiger partial charge in [0.25, 0.3) is 21.9 Å². The molecule has 1 aliphatic carbocycles. The number of benzene rings is 2. The van der Waals surface area contributed by atoms with Crippen LogP contribution in [0, 0.1) is 11.8 Å². The van der Waals surface area contributed by atoms with E-state index < -0.39 is 27.5 Å². The molecule has 3 heterocycles. The Balaban J connectivity index is 1.31. The first kappa shape index (κ1) is 35.1. The monoisotopic (exact) mass is 707 g/mol. The highest BCUT2D eigenvalue weighted by molar-refractivity contribution is 7.90. The number of anilines is 1. The topological polar surface area (TPSA) is 97.4 Å². The molecule has 48 heavy (non-hydrogen) atoms. The van der Waals surface area contributed by atoms with E-state index in [0.29, 0.717) is 42.7 Å². The fourth-order valence-electron chi connectivity index (χ4n) is 6.84. The van der Waals surface area contributed by atoms with E-state index in [9.17, 15) is 22.0 Å². The van der Waals surface area contributed by atoms with Gasteiger partial charge in [-0.2, -0.15) is 0 Å². The Kier molecular flexibility index (Phi) is 10.4. The molecule has 1 saturated carbocycles. The Hall–Kier alpha value is -2.77. The lowest BCUT2D eigenvalue weighted by Crippen LogP contribution is -2.57. The number of rotatable bonds is 4. The summed E-state index contributed by atoms with van der Waals surface area (Å²) in [5, 5.41) is 0.671. The lowest BCUT2D eigenvalue weighted by molar-refractivity contribution is -0.139. The van der Waals surface area contributed by atoms with E-state index in [0.717, 1.165) is 43.2 Å². The highest BCUT2D eigenvalue weighted by Crippen LogP contribution is 2.42. The van der Waals surface area contributed by atoms with Crippen molar-refractivity contribution >= 4 is 33.2 Å². The largest absolute Gasteiger partial charge is 0.487 e. The zero-order valence-corrected chi connectivity index (χ0v) is 29.0. The van der Waals surface area contributed by atoms with Gasteiger partial charge in [-0.15, -0.1) is 0 Å². The standard InChI is InChI=1S/C35H44ClF2N3O6S/c1-34(2)33(42)39-48(43,44)28-11-13-32-30(19-28)41(14-4-3-6-24-18-27(36)10-8-26(24)21-46-32)20-25-9-12-29(25)31(7-5-16-47-34)45-17-15-40-22-35(37,38)23-40/h5,7-8,10-11,13,18-19,25,29,31H,3-4,6,9,12,14-17,20-23H2,1-2H3,(H,39,42)/b7-5+/t25-,29+,31-/m0/s1. The van der Waals surface area contributed by atoms with Crippen molar-refractivity contribution in [2.45, 2.75) is 75.1 Å². The number of fused-ring (bicyclic) bond motifs is 3. The second kappa shape index (κ2) is 14.2. The van der Waals surface area contributed by atoms with Crippen molar-refractivity contribution in [3.8, 4) is 5.75 Å². The van der Waals surface area contributed by atoms with Crippen molar-refractivity contribution in [1.29, 1.82) is 0 Å². The number of likely N-dealkylation sites (tertiary alicyclic amines) is 1. The molecular weight excluding hydrogens is 664 g/mol. The van der Waals surface area contributed by atoms with Gasteiger partial charge in [0.1, 0.15) is 18.0 Å². The van der Waals surface area contributed by atoms with Crippen molar-refractivity contribution in [3.05, 3.63) is 64.7 Å². The Labute approximate surface area is 286 Å². The van der Waals surface area contributed by atoms with Crippen LogP contribution in [-0.2, 0) is 37.3 Å². The molecule has 3 atom stereocenters. The first-order valence-corrected chi connectivity index (χ1v) is 18.5. The number of hydrogen-bond acceptors (Lipinski definition) is 8.